The first-order chi connectivity index (χ1) is 12.1. The van der Waals surface area contributed by atoms with Gasteiger partial charge >= 0.3 is 0 Å². The Morgan fingerprint density at radius 1 is 1.00 bits per heavy atom. The third-order valence-corrected chi connectivity index (χ3v) is 4.54. The molecule has 0 radical (unpaired) electrons. The number of fused-ring (bicyclic) bond motifs is 1. The third kappa shape index (κ3) is 3.01. The maximum atomic E-state index is 11.9. The minimum atomic E-state index is 0.239. The van der Waals surface area contributed by atoms with E-state index in [0.29, 0.717) is 6.42 Å². The van der Waals surface area contributed by atoms with E-state index in [4.69, 9.17) is 4.42 Å². The fourth-order valence-corrected chi connectivity index (χ4v) is 3.39. The van der Waals surface area contributed by atoms with E-state index in [1.54, 1.807) is 12.4 Å². The molecule has 0 saturated carbocycles. The molecule has 0 aliphatic heterocycles. The normalized spacial score (nSPS) is 13.5. The van der Waals surface area contributed by atoms with Crippen molar-refractivity contribution in [3.05, 3.63) is 65.7 Å². The zero-order valence-electron chi connectivity index (χ0n) is 14.5. The van der Waals surface area contributed by atoms with Gasteiger partial charge in [0.25, 0.3) is 0 Å². The summed E-state index contributed by atoms with van der Waals surface area (Å²) in [5.41, 5.74) is 5.13. The first-order valence-corrected chi connectivity index (χ1v) is 8.46. The van der Waals surface area contributed by atoms with Crippen molar-refractivity contribution in [2.45, 2.75) is 19.4 Å². The van der Waals surface area contributed by atoms with Gasteiger partial charge in [-0.25, -0.2) is 0 Å². The second-order valence-corrected chi connectivity index (χ2v) is 6.72. The molecule has 2 heterocycles. The first kappa shape index (κ1) is 15.8. The number of ketones is 1. The van der Waals surface area contributed by atoms with Crippen LogP contribution in [0.4, 0.5) is 0 Å². The van der Waals surface area contributed by atoms with E-state index in [1.807, 2.05) is 38.4 Å². The minimum Gasteiger partial charge on any atom is -0.459 e. The number of carbonyl (C=O) groups is 1. The molecule has 2 aromatic heterocycles. The summed E-state index contributed by atoms with van der Waals surface area (Å²) >= 11 is 0. The van der Waals surface area contributed by atoms with Crippen molar-refractivity contribution in [2.75, 3.05) is 14.1 Å². The monoisotopic (exact) mass is 332 g/mol. The van der Waals surface area contributed by atoms with Gasteiger partial charge < -0.3 is 9.32 Å². The van der Waals surface area contributed by atoms with Gasteiger partial charge in [0.05, 0.1) is 6.54 Å². The Hall–Kier alpha value is -2.72. The molecule has 4 heteroatoms. The molecule has 0 saturated heterocycles. The Balaban J connectivity index is 1.83. The Morgan fingerprint density at radius 2 is 1.80 bits per heavy atom. The number of aromatic nitrogens is 1. The molecule has 1 aromatic carbocycles. The second kappa shape index (κ2) is 6.30. The Bertz CT molecular complexity index is 926. The molecule has 0 fully saturated rings. The average Bonchev–Trinajstić information content (AvgIpc) is 3.19. The zero-order chi connectivity index (χ0) is 17.4. The van der Waals surface area contributed by atoms with Crippen LogP contribution in [-0.4, -0.2) is 29.8 Å². The third-order valence-electron chi connectivity index (χ3n) is 4.54. The van der Waals surface area contributed by atoms with E-state index >= 15 is 0 Å². The lowest BCUT2D eigenvalue weighted by molar-refractivity contribution is 0.0994. The molecule has 0 atom stereocenters. The maximum Gasteiger partial charge on any atom is 0.163 e. The molecule has 0 unspecified atom stereocenters. The van der Waals surface area contributed by atoms with Crippen LogP contribution in [0.5, 0.6) is 0 Å². The van der Waals surface area contributed by atoms with E-state index < -0.39 is 0 Å². The molecule has 1 aliphatic carbocycles. The van der Waals surface area contributed by atoms with E-state index in [-0.39, 0.29) is 5.78 Å². The van der Waals surface area contributed by atoms with Crippen molar-refractivity contribution in [3.8, 4) is 22.5 Å². The SMILES string of the molecule is CN(C)Cc1cc(-c2ccncc2)c(-c2ccc3c(c2)CCC3=O)o1. The Kier molecular flexibility index (Phi) is 3.98. The van der Waals surface area contributed by atoms with Crippen molar-refractivity contribution in [3.63, 3.8) is 0 Å². The molecule has 3 aromatic rings. The summed E-state index contributed by atoms with van der Waals surface area (Å²) in [4.78, 5) is 18.1. The zero-order valence-corrected chi connectivity index (χ0v) is 14.5. The number of carbonyl (C=O) groups excluding carboxylic acids is 1. The molecule has 126 valence electrons. The molecular formula is C21H20N2O2. The molecule has 25 heavy (non-hydrogen) atoms. The molecule has 1 aliphatic rings. The van der Waals surface area contributed by atoms with Gasteiger partial charge in [-0.2, -0.15) is 0 Å². The molecule has 0 N–H and O–H groups in total. The van der Waals surface area contributed by atoms with Gasteiger partial charge in [0, 0.05) is 35.5 Å². The number of aryl methyl sites for hydroxylation is 1. The number of hydrogen-bond acceptors (Lipinski definition) is 4. The van der Waals surface area contributed by atoms with E-state index in [9.17, 15) is 4.79 Å². The summed E-state index contributed by atoms with van der Waals surface area (Å²) in [6, 6.07) is 12.1. The smallest absolute Gasteiger partial charge is 0.163 e. The second-order valence-electron chi connectivity index (χ2n) is 6.72. The highest BCUT2D eigenvalue weighted by Crippen LogP contribution is 2.37. The van der Waals surface area contributed by atoms with Crippen LogP contribution in [0.1, 0.15) is 28.1 Å². The van der Waals surface area contributed by atoms with Crippen LogP contribution in [0.25, 0.3) is 22.5 Å². The highest BCUT2D eigenvalue weighted by molar-refractivity contribution is 6.01. The standard InChI is InChI=1S/C21H20N2O2/c1-23(2)13-17-12-19(14-7-9-22-10-8-14)21(25-17)16-3-5-18-15(11-16)4-6-20(18)24/h3,5,7-12H,4,6,13H2,1-2H3. The summed E-state index contributed by atoms with van der Waals surface area (Å²) in [5.74, 6) is 2.01. The number of benzene rings is 1. The van der Waals surface area contributed by atoms with Crippen LogP contribution in [-0.2, 0) is 13.0 Å². The van der Waals surface area contributed by atoms with Crippen molar-refractivity contribution >= 4 is 5.78 Å². The summed E-state index contributed by atoms with van der Waals surface area (Å²) in [7, 11) is 4.05. The quantitative estimate of drug-likeness (QED) is 0.718. The number of furan rings is 1. The van der Waals surface area contributed by atoms with Crippen LogP contribution in [0.3, 0.4) is 0 Å². The van der Waals surface area contributed by atoms with Gasteiger partial charge in [0.2, 0.25) is 0 Å². The fraction of sp³-hybridized carbons (Fsp3) is 0.238. The molecular weight excluding hydrogens is 312 g/mol. The Morgan fingerprint density at radius 3 is 2.56 bits per heavy atom. The molecule has 0 bridgehead atoms. The lowest BCUT2D eigenvalue weighted by Gasteiger charge is -2.06. The number of nitrogens with zero attached hydrogens (tertiary/aromatic N) is 2. The van der Waals surface area contributed by atoms with E-state index in [1.165, 1.54) is 0 Å². The lowest BCUT2D eigenvalue weighted by Crippen LogP contribution is -2.09. The average molecular weight is 332 g/mol. The fourth-order valence-electron chi connectivity index (χ4n) is 3.39. The Labute approximate surface area is 147 Å². The van der Waals surface area contributed by atoms with Crippen molar-refractivity contribution in [1.29, 1.82) is 0 Å². The van der Waals surface area contributed by atoms with Crippen LogP contribution >= 0.6 is 0 Å². The van der Waals surface area contributed by atoms with Gasteiger partial charge in [0.1, 0.15) is 11.5 Å². The molecule has 4 nitrogen and oxygen atoms in total. The number of Topliss-reactive ketones (excluding diaryl/α,β-unsaturated/α-hetero) is 1. The lowest BCUT2D eigenvalue weighted by atomic mass is 9.99. The van der Waals surface area contributed by atoms with Crippen LogP contribution in [0.15, 0.2) is 53.2 Å². The van der Waals surface area contributed by atoms with Gasteiger partial charge in [0.15, 0.2) is 5.78 Å². The molecule has 0 amide bonds. The van der Waals surface area contributed by atoms with Crippen molar-refractivity contribution in [2.24, 2.45) is 0 Å². The van der Waals surface area contributed by atoms with Crippen LogP contribution in [0.2, 0.25) is 0 Å². The summed E-state index contributed by atoms with van der Waals surface area (Å²) in [5, 5.41) is 0. The van der Waals surface area contributed by atoms with Gasteiger partial charge in [-0.3, -0.25) is 9.78 Å². The van der Waals surface area contributed by atoms with Gasteiger partial charge in [-0.1, -0.05) is 12.1 Å². The van der Waals surface area contributed by atoms with Gasteiger partial charge in [-0.05, 0) is 55.9 Å². The van der Waals surface area contributed by atoms with Crippen molar-refractivity contribution in [1.82, 2.24) is 9.88 Å². The van der Waals surface area contributed by atoms with Crippen molar-refractivity contribution < 1.29 is 9.21 Å². The molecule has 4 rings (SSSR count). The predicted molar refractivity (Wildman–Crippen MR) is 97.4 cm³/mol. The van der Waals surface area contributed by atoms with E-state index in [0.717, 1.165) is 52.3 Å². The van der Waals surface area contributed by atoms with E-state index in [2.05, 4.69) is 22.0 Å². The number of hydrogen-bond donors (Lipinski definition) is 0. The summed E-state index contributed by atoms with van der Waals surface area (Å²) in [6.45, 7) is 0.738. The highest BCUT2D eigenvalue weighted by atomic mass is 16.3. The summed E-state index contributed by atoms with van der Waals surface area (Å²) in [6.07, 6.45) is 5.01. The predicted octanol–water partition coefficient (Wildman–Crippen LogP) is 4.20. The van der Waals surface area contributed by atoms with Crippen LogP contribution in [0, 0.1) is 0 Å². The number of pyridine rings is 1. The first-order valence-electron chi connectivity index (χ1n) is 8.46. The minimum absolute atomic E-state index is 0.239. The summed E-state index contributed by atoms with van der Waals surface area (Å²) < 4.78 is 6.21. The highest BCUT2D eigenvalue weighted by Gasteiger charge is 2.22. The molecule has 0 spiro atoms. The van der Waals surface area contributed by atoms with Gasteiger partial charge in [-0.15, -0.1) is 0 Å². The van der Waals surface area contributed by atoms with Crippen LogP contribution < -0.4 is 0 Å². The largest absolute Gasteiger partial charge is 0.459 e. The topological polar surface area (TPSA) is 46.3 Å². The maximum absolute atomic E-state index is 11.9. The number of rotatable bonds is 4.